The maximum Gasteiger partial charge on any atom is 0.416 e. The molecule has 1 aromatic heterocycles. The molecule has 4 rings (SSSR count). The Morgan fingerprint density at radius 1 is 1.06 bits per heavy atom. The second-order valence-corrected chi connectivity index (χ2v) is 9.47. The molecule has 0 radical (unpaired) electrons. The highest BCUT2D eigenvalue weighted by Crippen LogP contribution is 2.39. The van der Waals surface area contributed by atoms with Crippen LogP contribution in [0, 0.1) is 6.92 Å². The zero-order valence-electron chi connectivity index (χ0n) is 18.5. The maximum absolute atomic E-state index is 13.4. The Hall–Kier alpha value is -2.74. The average Bonchev–Trinajstić information content (AvgIpc) is 2.99. The van der Waals surface area contributed by atoms with E-state index >= 15 is 0 Å². The first-order chi connectivity index (χ1) is 14.8. The summed E-state index contributed by atoms with van der Waals surface area (Å²) in [5.74, 6) is 0. The summed E-state index contributed by atoms with van der Waals surface area (Å²) in [7, 11) is 0. The van der Waals surface area contributed by atoms with Crippen LogP contribution >= 0.6 is 0 Å². The molecule has 2 atom stereocenters. The first kappa shape index (κ1) is 22.5. The van der Waals surface area contributed by atoms with Gasteiger partial charge in [0, 0.05) is 34.9 Å². The van der Waals surface area contributed by atoms with Crippen LogP contribution in [0.5, 0.6) is 0 Å². The molecule has 2 heterocycles. The van der Waals surface area contributed by atoms with E-state index in [1.54, 1.807) is 25.7 Å². The van der Waals surface area contributed by atoms with E-state index in [9.17, 15) is 23.1 Å². The summed E-state index contributed by atoms with van der Waals surface area (Å²) in [5.41, 5.74) is 0.869. The van der Waals surface area contributed by atoms with Crippen LogP contribution in [0.3, 0.4) is 0 Å². The van der Waals surface area contributed by atoms with Gasteiger partial charge >= 0.3 is 12.3 Å². The number of hydrogen-bond donors (Lipinski definition) is 1. The number of aliphatic hydroxyl groups excluding tert-OH is 1. The highest BCUT2D eigenvalue weighted by Gasteiger charge is 2.36. The third kappa shape index (κ3) is 4.16. The number of rotatable bonds is 1. The SMILES string of the molecule is Cc1ccc2c(c1)c1cc(C(F)(F)F)ccc1n2C1CN(C(=O)OC(C)(C)C)CC[C@H]1O. The van der Waals surface area contributed by atoms with Crippen LogP contribution in [0.4, 0.5) is 18.0 Å². The van der Waals surface area contributed by atoms with Crippen molar-refractivity contribution in [3.8, 4) is 0 Å². The lowest BCUT2D eigenvalue weighted by molar-refractivity contribution is -0.137. The first-order valence-corrected chi connectivity index (χ1v) is 10.6. The van der Waals surface area contributed by atoms with E-state index in [1.807, 2.05) is 29.7 Å². The van der Waals surface area contributed by atoms with E-state index in [1.165, 1.54) is 6.07 Å². The Kier molecular flexibility index (Phi) is 5.40. The number of alkyl halides is 3. The van der Waals surface area contributed by atoms with Gasteiger partial charge in [-0.2, -0.15) is 13.2 Å². The van der Waals surface area contributed by atoms with E-state index in [-0.39, 0.29) is 6.54 Å². The lowest BCUT2D eigenvalue weighted by Gasteiger charge is -2.38. The number of aliphatic hydroxyl groups is 1. The molecule has 1 unspecified atom stereocenters. The Balaban J connectivity index is 1.84. The van der Waals surface area contributed by atoms with Crippen molar-refractivity contribution in [2.24, 2.45) is 0 Å². The number of halogens is 3. The number of nitrogens with zero attached hydrogens (tertiary/aromatic N) is 2. The van der Waals surface area contributed by atoms with Gasteiger partial charge in [-0.05, 0) is 64.4 Å². The minimum atomic E-state index is -4.45. The van der Waals surface area contributed by atoms with Gasteiger partial charge < -0.3 is 19.3 Å². The summed E-state index contributed by atoms with van der Waals surface area (Å²) >= 11 is 0. The van der Waals surface area contributed by atoms with E-state index in [0.29, 0.717) is 29.3 Å². The monoisotopic (exact) mass is 448 g/mol. The zero-order chi connectivity index (χ0) is 23.4. The van der Waals surface area contributed by atoms with E-state index in [4.69, 9.17) is 4.74 Å². The zero-order valence-corrected chi connectivity index (χ0v) is 18.5. The molecule has 172 valence electrons. The second kappa shape index (κ2) is 7.69. The Labute approximate surface area is 184 Å². The number of likely N-dealkylation sites (tertiary alicyclic amines) is 1. The van der Waals surface area contributed by atoms with Gasteiger partial charge in [0.2, 0.25) is 0 Å². The number of carbonyl (C=O) groups is 1. The molecular formula is C24H27F3N2O3. The average molecular weight is 448 g/mol. The van der Waals surface area contributed by atoms with Crippen molar-refractivity contribution in [3.05, 3.63) is 47.5 Å². The molecular weight excluding hydrogens is 421 g/mol. The van der Waals surface area contributed by atoms with Gasteiger partial charge in [0.05, 0.1) is 17.7 Å². The van der Waals surface area contributed by atoms with Crippen LogP contribution < -0.4 is 0 Å². The summed E-state index contributed by atoms with van der Waals surface area (Å²) < 4.78 is 47.5. The van der Waals surface area contributed by atoms with E-state index in [0.717, 1.165) is 23.2 Å². The predicted octanol–water partition coefficient (Wildman–Crippen LogP) is 5.66. The molecule has 0 saturated carbocycles. The number of carbonyl (C=O) groups excluding carboxylic acids is 1. The van der Waals surface area contributed by atoms with Gasteiger partial charge in [0.15, 0.2) is 0 Å². The Bertz CT molecular complexity index is 1180. The van der Waals surface area contributed by atoms with Gasteiger partial charge in [-0.3, -0.25) is 0 Å². The summed E-state index contributed by atoms with van der Waals surface area (Å²) in [6.45, 7) is 7.79. The molecule has 1 saturated heterocycles. The molecule has 0 spiro atoms. The number of fused-ring (bicyclic) bond motifs is 3. The number of ether oxygens (including phenoxy) is 1. The van der Waals surface area contributed by atoms with Crippen molar-refractivity contribution in [1.29, 1.82) is 0 Å². The fourth-order valence-electron chi connectivity index (χ4n) is 4.37. The quantitative estimate of drug-likeness (QED) is 0.522. The van der Waals surface area contributed by atoms with Crippen LogP contribution in [-0.4, -0.2) is 45.5 Å². The number of amides is 1. The van der Waals surface area contributed by atoms with Gasteiger partial charge in [-0.1, -0.05) is 11.6 Å². The summed E-state index contributed by atoms with van der Waals surface area (Å²) in [6, 6.07) is 8.76. The molecule has 3 aromatic rings. The van der Waals surface area contributed by atoms with Crippen LogP contribution in [0.25, 0.3) is 21.8 Å². The molecule has 8 heteroatoms. The number of benzene rings is 2. The minimum Gasteiger partial charge on any atom is -0.444 e. The fraction of sp³-hybridized carbons (Fsp3) is 0.458. The van der Waals surface area contributed by atoms with Crippen LogP contribution in [-0.2, 0) is 10.9 Å². The molecule has 2 aromatic carbocycles. The minimum absolute atomic E-state index is 0.198. The van der Waals surface area contributed by atoms with E-state index in [2.05, 4.69) is 0 Å². The van der Waals surface area contributed by atoms with Crippen molar-refractivity contribution in [3.63, 3.8) is 0 Å². The fourth-order valence-corrected chi connectivity index (χ4v) is 4.37. The molecule has 1 amide bonds. The third-order valence-corrected chi connectivity index (χ3v) is 5.81. The van der Waals surface area contributed by atoms with Gasteiger partial charge in [0.25, 0.3) is 0 Å². The molecule has 1 N–H and O–H groups in total. The maximum atomic E-state index is 13.4. The van der Waals surface area contributed by atoms with Crippen LogP contribution in [0.2, 0.25) is 0 Å². The molecule has 0 aliphatic carbocycles. The lowest BCUT2D eigenvalue weighted by Crippen LogP contribution is -2.48. The van der Waals surface area contributed by atoms with Gasteiger partial charge in [-0.25, -0.2) is 4.79 Å². The summed E-state index contributed by atoms with van der Waals surface area (Å²) in [5, 5.41) is 12.0. The normalized spacial score (nSPS) is 20.2. The van der Waals surface area contributed by atoms with Crippen molar-refractivity contribution in [2.45, 2.75) is 58.0 Å². The summed E-state index contributed by atoms with van der Waals surface area (Å²) in [6.07, 6.45) is -5.33. The number of aromatic nitrogens is 1. The van der Waals surface area contributed by atoms with Crippen molar-refractivity contribution in [2.75, 3.05) is 13.1 Å². The second-order valence-electron chi connectivity index (χ2n) is 9.47. The van der Waals surface area contributed by atoms with Gasteiger partial charge in [-0.15, -0.1) is 0 Å². The molecule has 32 heavy (non-hydrogen) atoms. The molecule has 1 fully saturated rings. The lowest BCUT2D eigenvalue weighted by atomic mass is 10.0. The Morgan fingerprint density at radius 3 is 2.31 bits per heavy atom. The number of hydrogen-bond acceptors (Lipinski definition) is 3. The largest absolute Gasteiger partial charge is 0.444 e. The topological polar surface area (TPSA) is 54.7 Å². The highest BCUT2D eigenvalue weighted by molar-refractivity contribution is 6.08. The molecule has 1 aliphatic heterocycles. The first-order valence-electron chi connectivity index (χ1n) is 10.6. The van der Waals surface area contributed by atoms with Crippen molar-refractivity contribution < 1.29 is 27.8 Å². The van der Waals surface area contributed by atoms with Crippen LogP contribution in [0.15, 0.2) is 36.4 Å². The van der Waals surface area contributed by atoms with Gasteiger partial charge in [0.1, 0.15) is 5.60 Å². The standard InChI is InChI=1S/C24H27F3N2O3/c1-14-5-7-18-16(11-14)17-12-15(24(25,26)27)6-8-19(17)29(18)20-13-28(10-9-21(20)30)22(31)32-23(2,3)4/h5-8,11-12,20-21,30H,9-10,13H2,1-4H3/t20?,21-/m1/s1. The summed E-state index contributed by atoms with van der Waals surface area (Å²) in [4.78, 5) is 14.2. The Morgan fingerprint density at radius 2 is 1.69 bits per heavy atom. The number of aryl methyl sites for hydroxylation is 1. The predicted molar refractivity (Wildman–Crippen MR) is 117 cm³/mol. The van der Waals surface area contributed by atoms with E-state index < -0.39 is 35.6 Å². The molecule has 0 bridgehead atoms. The smallest absolute Gasteiger partial charge is 0.416 e. The van der Waals surface area contributed by atoms with Crippen molar-refractivity contribution >= 4 is 27.9 Å². The van der Waals surface area contributed by atoms with Crippen LogP contribution in [0.1, 0.15) is 44.4 Å². The third-order valence-electron chi connectivity index (χ3n) is 5.81. The number of piperidine rings is 1. The highest BCUT2D eigenvalue weighted by atomic mass is 19.4. The van der Waals surface area contributed by atoms with Crippen molar-refractivity contribution in [1.82, 2.24) is 9.47 Å². The molecule has 1 aliphatic rings. The molecule has 5 nitrogen and oxygen atoms in total.